The number of aromatic nitrogens is 2. The van der Waals surface area contributed by atoms with Crippen molar-refractivity contribution >= 4 is 10.0 Å². The van der Waals surface area contributed by atoms with Gasteiger partial charge in [0.25, 0.3) is 0 Å². The fourth-order valence-corrected chi connectivity index (χ4v) is 2.65. The lowest BCUT2D eigenvalue weighted by Gasteiger charge is -2.09. The van der Waals surface area contributed by atoms with Crippen molar-refractivity contribution in [2.75, 3.05) is 7.11 Å². The number of nitrogens with zero attached hydrogens (tertiary/aromatic N) is 1. The quantitative estimate of drug-likeness (QED) is 0.843. The van der Waals surface area contributed by atoms with Gasteiger partial charge >= 0.3 is 0 Å². The molecule has 7 heteroatoms. The fraction of sp³-hybridized carbons (Fsp3) is 0.182. The molecule has 0 unspecified atom stereocenters. The van der Waals surface area contributed by atoms with E-state index in [0.717, 1.165) is 0 Å². The summed E-state index contributed by atoms with van der Waals surface area (Å²) in [5.41, 5.74) is 0.688. The van der Waals surface area contributed by atoms with Crippen LogP contribution >= 0.6 is 0 Å². The molecule has 0 aliphatic carbocycles. The Morgan fingerprint density at radius 1 is 1.33 bits per heavy atom. The molecule has 0 saturated heterocycles. The van der Waals surface area contributed by atoms with Crippen molar-refractivity contribution in [1.82, 2.24) is 14.9 Å². The van der Waals surface area contributed by atoms with E-state index in [4.69, 9.17) is 4.74 Å². The summed E-state index contributed by atoms with van der Waals surface area (Å²) in [6.45, 7) is 0.153. The van der Waals surface area contributed by atoms with E-state index in [1.807, 2.05) is 0 Å². The predicted molar refractivity (Wildman–Crippen MR) is 65.6 cm³/mol. The van der Waals surface area contributed by atoms with Gasteiger partial charge in [-0.05, 0) is 18.2 Å². The Hall–Kier alpha value is -1.86. The molecule has 1 heterocycles. The number of hydrogen-bond acceptors (Lipinski definition) is 4. The molecule has 0 bridgehead atoms. The van der Waals surface area contributed by atoms with Crippen LogP contribution in [-0.2, 0) is 16.6 Å². The molecule has 1 aromatic carbocycles. The van der Waals surface area contributed by atoms with Crippen molar-refractivity contribution in [3.05, 3.63) is 42.2 Å². The summed E-state index contributed by atoms with van der Waals surface area (Å²) in [5.74, 6) is 0.314. The molecule has 0 amide bonds. The van der Waals surface area contributed by atoms with Crippen LogP contribution in [0.15, 0.2) is 41.4 Å². The lowest BCUT2D eigenvalue weighted by molar-refractivity contribution is 0.402. The van der Waals surface area contributed by atoms with Crippen LogP contribution < -0.4 is 9.46 Å². The number of aromatic amines is 1. The summed E-state index contributed by atoms with van der Waals surface area (Å²) in [6.07, 6.45) is 1.56. The summed E-state index contributed by atoms with van der Waals surface area (Å²) in [6, 6.07) is 8.16. The zero-order chi connectivity index (χ0) is 13.0. The molecule has 0 aliphatic rings. The van der Waals surface area contributed by atoms with E-state index in [1.165, 1.54) is 13.2 Å². The Morgan fingerprint density at radius 2 is 2.11 bits per heavy atom. The molecule has 0 atom stereocenters. The smallest absolute Gasteiger partial charge is 0.244 e. The third-order valence-electron chi connectivity index (χ3n) is 2.37. The van der Waals surface area contributed by atoms with Crippen molar-refractivity contribution in [2.45, 2.75) is 11.4 Å². The second kappa shape index (κ2) is 5.19. The van der Waals surface area contributed by atoms with Gasteiger partial charge in [-0.15, -0.1) is 0 Å². The second-order valence-corrected chi connectivity index (χ2v) is 5.29. The van der Waals surface area contributed by atoms with E-state index in [2.05, 4.69) is 14.9 Å². The first-order chi connectivity index (χ1) is 8.63. The van der Waals surface area contributed by atoms with Crippen LogP contribution in [0.5, 0.6) is 5.75 Å². The predicted octanol–water partition coefficient (Wildman–Crippen LogP) is 0.897. The SMILES string of the molecule is COc1ccccc1S(=O)(=O)NCc1ccn[nH]1. The second-order valence-electron chi connectivity index (χ2n) is 3.56. The van der Waals surface area contributed by atoms with E-state index >= 15 is 0 Å². The molecule has 0 spiro atoms. The van der Waals surface area contributed by atoms with Crippen LogP contribution in [0.2, 0.25) is 0 Å². The lowest BCUT2D eigenvalue weighted by atomic mass is 10.3. The summed E-state index contributed by atoms with van der Waals surface area (Å²) >= 11 is 0. The van der Waals surface area contributed by atoms with Gasteiger partial charge in [0.15, 0.2) is 0 Å². The summed E-state index contributed by atoms with van der Waals surface area (Å²) in [4.78, 5) is 0.118. The standard InChI is InChI=1S/C11H13N3O3S/c1-17-10-4-2-3-5-11(10)18(15,16)13-8-9-6-7-12-14-9/h2-7,13H,8H2,1H3,(H,12,14). The van der Waals surface area contributed by atoms with E-state index in [0.29, 0.717) is 11.4 Å². The number of H-pyrrole nitrogens is 1. The molecule has 0 saturated carbocycles. The van der Waals surface area contributed by atoms with Gasteiger partial charge in [-0.1, -0.05) is 12.1 Å². The number of methoxy groups -OCH3 is 1. The number of ether oxygens (including phenoxy) is 1. The van der Waals surface area contributed by atoms with Crippen LogP contribution in [0.4, 0.5) is 0 Å². The molecule has 96 valence electrons. The van der Waals surface area contributed by atoms with Gasteiger partial charge < -0.3 is 4.74 Å². The number of rotatable bonds is 5. The van der Waals surface area contributed by atoms with E-state index in [-0.39, 0.29) is 11.4 Å². The largest absolute Gasteiger partial charge is 0.495 e. The minimum absolute atomic E-state index is 0.118. The molecule has 2 N–H and O–H groups in total. The first kappa shape index (κ1) is 12.6. The summed E-state index contributed by atoms with van der Waals surface area (Å²) in [5, 5.41) is 6.43. The van der Waals surface area contributed by atoms with E-state index < -0.39 is 10.0 Å². The maximum Gasteiger partial charge on any atom is 0.244 e. The third kappa shape index (κ3) is 2.69. The number of sulfonamides is 1. The van der Waals surface area contributed by atoms with Crippen molar-refractivity contribution in [1.29, 1.82) is 0 Å². The number of hydrogen-bond donors (Lipinski definition) is 2. The maximum absolute atomic E-state index is 12.1. The normalized spacial score (nSPS) is 11.4. The minimum Gasteiger partial charge on any atom is -0.495 e. The maximum atomic E-state index is 12.1. The van der Waals surface area contributed by atoms with E-state index in [1.54, 1.807) is 30.5 Å². The van der Waals surface area contributed by atoms with Gasteiger partial charge in [0.05, 0.1) is 19.3 Å². The highest BCUT2D eigenvalue weighted by Crippen LogP contribution is 2.22. The van der Waals surface area contributed by atoms with E-state index in [9.17, 15) is 8.42 Å². The van der Waals surface area contributed by atoms with Crippen LogP contribution in [0.3, 0.4) is 0 Å². The van der Waals surface area contributed by atoms with Crippen molar-refractivity contribution in [3.8, 4) is 5.75 Å². The molecule has 0 aliphatic heterocycles. The number of nitrogens with one attached hydrogen (secondary N) is 2. The highest BCUT2D eigenvalue weighted by atomic mass is 32.2. The topological polar surface area (TPSA) is 84.1 Å². The average molecular weight is 267 g/mol. The molecular formula is C11H13N3O3S. The van der Waals surface area contributed by atoms with Crippen LogP contribution in [0.25, 0.3) is 0 Å². The van der Waals surface area contributed by atoms with Crippen molar-refractivity contribution < 1.29 is 13.2 Å². The Labute approximate surface area is 105 Å². The molecule has 2 rings (SSSR count). The number of benzene rings is 1. The first-order valence-corrected chi connectivity index (χ1v) is 6.73. The van der Waals surface area contributed by atoms with Crippen LogP contribution in [0, 0.1) is 0 Å². The van der Waals surface area contributed by atoms with Gasteiger partial charge in [0.1, 0.15) is 10.6 Å². The highest BCUT2D eigenvalue weighted by Gasteiger charge is 2.18. The fourth-order valence-electron chi connectivity index (χ4n) is 1.47. The molecule has 18 heavy (non-hydrogen) atoms. The van der Waals surface area contributed by atoms with Gasteiger partial charge in [-0.2, -0.15) is 5.10 Å². The highest BCUT2D eigenvalue weighted by molar-refractivity contribution is 7.89. The van der Waals surface area contributed by atoms with Crippen LogP contribution in [-0.4, -0.2) is 25.7 Å². The molecular weight excluding hydrogens is 254 g/mol. The molecule has 1 aromatic heterocycles. The third-order valence-corrected chi connectivity index (χ3v) is 3.81. The minimum atomic E-state index is -3.60. The molecule has 0 fully saturated rings. The lowest BCUT2D eigenvalue weighted by Crippen LogP contribution is -2.23. The van der Waals surface area contributed by atoms with Crippen molar-refractivity contribution in [2.24, 2.45) is 0 Å². The zero-order valence-electron chi connectivity index (χ0n) is 9.75. The Balaban J connectivity index is 2.20. The first-order valence-electron chi connectivity index (χ1n) is 5.24. The molecule has 2 aromatic rings. The monoisotopic (exact) mass is 267 g/mol. The van der Waals surface area contributed by atoms with Gasteiger partial charge in [-0.25, -0.2) is 13.1 Å². The Morgan fingerprint density at radius 3 is 2.78 bits per heavy atom. The summed E-state index contributed by atoms with van der Waals surface area (Å²) in [7, 11) is -2.17. The van der Waals surface area contributed by atoms with Gasteiger partial charge in [0.2, 0.25) is 10.0 Å². The Kier molecular flexibility index (Phi) is 3.63. The van der Waals surface area contributed by atoms with Crippen LogP contribution in [0.1, 0.15) is 5.69 Å². The number of para-hydroxylation sites is 1. The van der Waals surface area contributed by atoms with Gasteiger partial charge in [0, 0.05) is 6.20 Å². The zero-order valence-corrected chi connectivity index (χ0v) is 10.6. The summed E-state index contributed by atoms with van der Waals surface area (Å²) < 4.78 is 31.7. The molecule has 0 radical (unpaired) electrons. The molecule has 6 nitrogen and oxygen atoms in total. The Bertz CT molecular complexity index is 608. The van der Waals surface area contributed by atoms with Gasteiger partial charge in [-0.3, -0.25) is 5.10 Å². The average Bonchev–Trinajstić information content (AvgIpc) is 2.89. The van der Waals surface area contributed by atoms with Crippen molar-refractivity contribution in [3.63, 3.8) is 0 Å².